The van der Waals surface area contributed by atoms with E-state index in [9.17, 15) is 14.9 Å². The molecule has 1 amide bonds. The number of nitro groups is 1. The number of hydrogen-bond acceptors (Lipinski definition) is 6. The third-order valence-corrected chi connectivity index (χ3v) is 4.91. The van der Waals surface area contributed by atoms with Crippen LogP contribution in [0.4, 0.5) is 22.9 Å². The summed E-state index contributed by atoms with van der Waals surface area (Å²) in [5, 5.41) is 14.2. The van der Waals surface area contributed by atoms with Gasteiger partial charge in [-0.05, 0) is 42.3 Å². The van der Waals surface area contributed by atoms with Crippen LogP contribution in [0.1, 0.15) is 18.2 Å². The highest BCUT2D eigenvalue weighted by Crippen LogP contribution is 2.31. The Morgan fingerprint density at radius 2 is 1.90 bits per heavy atom. The smallest absolute Gasteiger partial charge is 0.269 e. The Hall–Kier alpha value is -3.81. The summed E-state index contributed by atoms with van der Waals surface area (Å²) in [6, 6.07) is 13.8. The fraction of sp³-hybridized carbons (Fsp3) is 0.190. The van der Waals surface area contributed by atoms with Gasteiger partial charge in [0.05, 0.1) is 11.3 Å². The summed E-state index contributed by atoms with van der Waals surface area (Å²) >= 11 is 0. The number of amides is 1. The number of fused-ring (bicyclic) bond motifs is 1. The molecule has 146 valence electrons. The highest BCUT2D eigenvalue weighted by atomic mass is 16.6. The Kier molecular flexibility index (Phi) is 4.67. The molecule has 1 aromatic heterocycles. The molecule has 0 bridgehead atoms. The Morgan fingerprint density at radius 1 is 1.14 bits per heavy atom. The lowest BCUT2D eigenvalue weighted by Crippen LogP contribution is -2.20. The minimum absolute atomic E-state index is 0.0244. The summed E-state index contributed by atoms with van der Waals surface area (Å²) < 4.78 is 0. The van der Waals surface area contributed by atoms with E-state index in [1.807, 2.05) is 31.2 Å². The van der Waals surface area contributed by atoms with E-state index in [1.165, 1.54) is 12.1 Å². The number of nitrogens with zero attached hydrogens (tertiary/aromatic N) is 4. The summed E-state index contributed by atoms with van der Waals surface area (Å²) in [6.45, 7) is 2.00. The first kappa shape index (κ1) is 18.5. The van der Waals surface area contributed by atoms with Crippen LogP contribution in [0.15, 0.2) is 48.5 Å². The van der Waals surface area contributed by atoms with E-state index < -0.39 is 4.92 Å². The Morgan fingerprint density at radius 3 is 2.59 bits per heavy atom. The lowest BCUT2D eigenvalue weighted by atomic mass is 10.1. The standard InChI is InChI=1S/C21H19N5O3/c1-3-15-12-19(22-16-6-9-18-14(10-16)11-20(27)25(18)2)24-21(23-15)13-4-7-17(8-5-13)26(28)29/h4-10,12H,3,11H2,1-2H3,(H,22,23,24). The van der Waals surface area contributed by atoms with Crippen LogP contribution in [-0.4, -0.2) is 27.8 Å². The van der Waals surface area contributed by atoms with Crippen molar-refractivity contribution in [3.8, 4) is 11.4 Å². The molecule has 0 saturated heterocycles. The molecular weight excluding hydrogens is 370 g/mol. The van der Waals surface area contributed by atoms with E-state index in [4.69, 9.17) is 0 Å². The number of likely N-dealkylation sites (N-methyl/N-ethyl adjacent to an activating group) is 1. The van der Waals surface area contributed by atoms with Crippen LogP contribution in [-0.2, 0) is 17.6 Å². The second-order valence-electron chi connectivity index (χ2n) is 6.82. The van der Waals surface area contributed by atoms with Crippen molar-refractivity contribution in [1.29, 1.82) is 0 Å². The maximum absolute atomic E-state index is 11.9. The molecule has 3 aromatic rings. The largest absolute Gasteiger partial charge is 0.340 e. The van der Waals surface area contributed by atoms with Gasteiger partial charge in [0.25, 0.3) is 5.69 Å². The molecule has 0 unspecified atom stereocenters. The van der Waals surface area contributed by atoms with Gasteiger partial charge in [0.2, 0.25) is 5.91 Å². The number of benzene rings is 2. The molecule has 0 fully saturated rings. The van der Waals surface area contributed by atoms with Crippen LogP contribution in [0.25, 0.3) is 11.4 Å². The molecule has 8 nitrogen and oxygen atoms in total. The SMILES string of the molecule is CCc1cc(Nc2ccc3c(c2)CC(=O)N3C)nc(-c2ccc([N+](=O)[O-])cc2)n1. The molecule has 0 aliphatic carbocycles. The van der Waals surface area contributed by atoms with Gasteiger partial charge < -0.3 is 10.2 Å². The maximum Gasteiger partial charge on any atom is 0.269 e. The first-order chi connectivity index (χ1) is 13.9. The van der Waals surface area contributed by atoms with Crippen molar-refractivity contribution in [1.82, 2.24) is 9.97 Å². The minimum atomic E-state index is -0.434. The molecule has 0 atom stereocenters. The fourth-order valence-corrected chi connectivity index (χ4v) is 3.30. The molecule has 0 radical (unpaired) electrons. The van der Waals surface area contributed by atoms with Crippen molar-refractivity contribution in [3.63, 3.8) is 0 Å². The number of nitro benzene ring substituents is 1. The Balaban J connectivity index is 1.65. The molecule has 1 N–H and O–H groups in total. The molecule has 1 aliphatic heterocycles. The molecule has 0 saturated carbocycles. The number of rotatable bonds is 5. The number of nitrogens with one attached hydrogen (secondary N) is 1. The quantitative estimate of drug-likeness (QED) is 0.525. The normalized spacial score (nSPS) is 12.8. The van der Waals surface area contributed by atoms with Gasteiger partial charge in [-0.3, -0.25) is 14.9 Å². The Bertz CT molecular complexity index is 1110. The van der Waals surface area contributed by atoms with Crippen molar-refractivity contribution in [2.75, 3.05) is 17.3 Å². The number of anilines is 3. The second-order valence-corrected chi connectivity index (χ2v) is 6.82. The molecule has 2 aromatic carbocycles. The summed E-state index contributed by atoms with van der Waals surface area (Å²) in [7, 11) is 1.77. The minimum Gasteiger partial charge on any atom is -0.340 e. The summed E-state index contributed by atoms with van der Waals surface area (Å²) in [5.74, 6) is 1.20. The second kappa shape index (κ2) is 7.31. The topological polar surface area (TPSA) is 101 Å². The average Bonchev–Trinajstić information content (AvgIpc) is 3.01. The molecule has 1 aliphatic rings. The predicted octanol–water partition coefficient (Wildman–Crippen LogP) is 3.88. The van der Waals surface area contributed by atoms with Gasteiger partial charge in [-0.25, -0.2) is 9.97 Å². The van der Waals surface area contributed by atoms with E-state index in [1.54, 1.807) is 24.1 Å². The number of aromatic nitrogens is 2. The summed E-state index contributed by atoms with van der Waals surface area (Å²) in [6.07, 6.45) is 1.11. The third-order valence-electron chi connectivity index (χ3n) is 4.91. The lowest BCUT2D eigenvalue weighted by molar-refractivity contribution is -0.384. The highest BCUT2D eigenvalue weighted by molar-refractivity contribution is 6.01. The van der Waals surface area contributed by atoms with Crippen molar-refractivity contribution >= 4 is 28.8 Å². The fourth-order valence-electron chi connectivity index (χ4n) is 3.30. The number of non-ortho nitro benzene ring substituents is 1. The van der Waals surface area contributed by atoms with Crippen LogP contribution in [0, 0.1) is 10.1 Å². The van der Waals surface area contributed by atoms with Crippen molar-refractivity contribution < 1.29 is 9.72 Å². The van der Waals surface area contributed by atoms with Crippen molar-refractivity contribution in [3.05, 3.63) is 69.9 Å². The highest BCUT2D eigenvalue weighted by Gasteiger charge is 2.23. The van der Waals surface area contributed by atoms with Gasteiger partial charge in [-0.15, -0.1) is 0 Å². The molecule has 4 rings (SSSR count). The lowest BCUT2D eigenvalue weighted by Gasteiger charge is -2.12. The zero-order valence-corrected chi connectivity index (χ0v) is 16.0. The van der Waals surface area contributed by atoms with Gasteiger partial charge in [0.1, 0.15) is 5.82 Å². The number of carbonyl (C=O) groups excluding carboxylic acids is 1. The molecule has 8 heteroatoms. The molecule has 29 heavy (non-hydrogen) atoms. The van der Waals surface area contributed by atoms with Gasteiger partial charge in [0.15, 0.2) is 5.82 Å². The van der Waals surface area contributed by atoms with Crippen LogP contribution >= 0.6 is 0 Å². The number of hydrogen-bond donors (Lipinski definition) is 1. The molecular formula is C21H19N5O3. The van der Waals surface area contributed by atoms with Crippen molar-refractivity contribution in [2.24, 2.45) is 0 Å². The van der Waals surface area contributed by atoms with E-state index in [-0.39, 0.29) is 11.6 Å². The zero-order chi connectivity index (χ0) is 20.5. The number of carbonyl (C=O) groups is 1. The first-order valence-corrected chi connectivity index (χ1v) is 9.24. The Labute approximate surface area is 167 Å². The van der Waals surface area contributed by atoms with Gasteiger partial charge >= 0.3 is 0 Å². The van der Waals surface area contributed by atoms with Crippen molar-refractivity contribution in [2.45, 2.75) is 19.8 Å². The van der Waals surface area contributed by atoms with E-state index >= 15 is 0 Å². The van der Waals surface area contributed by atoms with Crippen LogP contribution in [0.3, 0.4) is 0 Å². The third kappa shape index (κ3) is 3.64. The van der Waals surface area contributed by atoms with E-state index in [0.29, 0.717) is 23.6 Å². The predicted molar refractivity (Wildman–Crippen MR) is 110 cm³/mol. The van der Waals surface area contributed by atoms with Crippen LogP contribution < -0.4 is 10.2 Å². The van der Waals surface area contributed by atoms with Gasteiger partial charge in [-0.1, -0.05) is 6.92 Å². The number of aryl methyl sites for hydroxylation is 1. The average molecular weight is 389 g/mol. The summed E-state index contributed by atoms with van der Waals surface area (Å²) in [4.78, 5) is 33.1. The zero-order valence-electron chi connectivity index (χ0n) is 16.0. The van der Waals surface area contributed by atoms with E-state index in [2.05, 4.69) is 15.3 Å². The van der Waals surface area contributed by atoms with Crippen LogP contribution in [0.2, 0.25) is 0 Å². The summed E-state index contributed by atoms with van der Waals surface area (Å²) in [5.41, 5.74) is 4.31. The molecule has 0 spiro atoms. The van der Waals surface area contributed by atoms with Gasteiger partial charge in [0, 0.05) is 47.9 Å². The monoisotopic (exact) mass is 389 g/mol. The molecule has 2 heterocycles. The van der Waals surface area contributed by atoms with Crippen LogP contribution in [0.5, 0.6) is 0 Å². The first-order valence-electron chi connectivity index (χ1n) is 9.24. The van der Waals surface area contributed by atoms with E-state index in [0.717, 1.165) is 29.1 Å². The van der Waals surface area contributed by atoms with Gasteiger partial charge in [-0.2, -0.15) is 0 Å². The maximum atomic E-state index is 11.9.